The molecule has 0 bridgehead atoms. The second-order valence-electron chi connectivity index (χ2n) is 7.65. The second-order valence-corrected chi connectivity index (χ2v) is 7.65. The van der Waals surface area contributed by atoms with Crippen molar-refractivity contribution in [1.29, 1.82) is 0 Å². The van der Waals surface area contributed by atoms with Gasteiger partial charge in [-0.2, -0.15) is 0 Å². The third kappa shape index (κ3) is 3.70. The van der Waals surface area contributed by atoms with Crippen molar-refractivity contribution in [3.8, 4) is 0 Å². The molecule has 4 amide bonds. The number of amides is 4. The molecule has 158 valence electrons. The van der Waals surface area contributed by atoms with Crippen LogP contribution in [0.1, 0.15) is 29.9 Å². The Morgan fingerprint density at radius 2 is 1.58 bits per heavy atom. The van der Waals surface area contributed by atoms with Crippen molar-refractivity contribution in [2.45, 2.75) is 18.5 Å². The maximum atomic E-state index is 13.2. The van der Waals surface area contributed by atoms with E-state index >= 15 is 0 Å². The summed E-state index contributed by atoms with van der Waals surface area (Å²) in [5.41, 5.74) is 0.530. The van der Waals surface area contributed by atoms with E-state index in [-0.39, 0.29) is 18.5 Å². The summed E-state index contributed by atoms with van der Waals surface area (Å²) in [4.78, 5) is 41.3. The van der Waals surface area contributed by atoms with Gasteiger partial charge in [0.15, 0.2) is 5.54 Å². The van der Waals surface area contributed by atoms with Gasteiger partial charge in [-0.3, -0.25) is 14.5 Å². The number of carbonyl (C=O) groups is 3. The zero-order valence-corrected chi connectivity index (χ0v) is 17.3. The van der Waals surface area contributed by atoms with E-state index in [1.54, 1.807) is 31.0 Å². The molecule has 1 aliphatic heterocycles. The van der Waals surface area contributed by atoms with Crippen LogP contribution in [-0.2, 0) is 15.1 Å². The van der Waals surface area contributed by atoms with Gasteiger partial charge in [0.25, 0.3) is 5.91 Å². The van der Waals surface area contributed by atoms with Gasteiger partial charge in [-0.25, -0.2) is 4.79 Å². The molecule has 2 aromatic carbocycles. The maximum absolute atomic E-state index is 13.2. The summed E-state index contributed by atoms with van der Waals surface area (Å²) in [5, 5.41) is 2.64. The van der Waals surface area contributed by atoms with Crippen LogP contribution < -0.4 is 5.32 Å². The minimum Gasteiger partial charge on any atom is -0.466 e. The number of benzene rings is 2. The zero-order chi connectivity index (χ0) is 22.0. The van der Waals surface area contributed by atoms with Gasteiger partial charge in [-0.05, 0) is 30.2 Å². The Balaban J connectivity index is 1.58. The van der Waals surface area contributed by atoms with Gasteiger partial charge >= 0.3 is 6.03 Å². The summed E-state index contributed by atoms with van der Waals surface area (Å²) in [6.45, 7) is 1.20. The van der Waals surface area contributed by atoms with Gasteiger partial charge < -0.3 is 14.6 Å². The molecule has 0 spiro atoms. The molecule has 1 N–H and O–H groups in total. The molecule has 0 saturated carbocycles. The van der Waals surface area contributed by atoms with Crippen LogP contribution in [0, 0.1) is 0 Å². The van der Waals surface area contributed by atoms with Crippen molar-refractivity contribution in [3.63, 3.8) is 0 Å². The number of hydrogen-bond acceptors (Lipinski definition) is 4. The van der Waals surface area contributed by atoms with E-state index in [9.17, 15) is 14.4 Å². The van der Waals surface area contributed by atoms with E-state index < -0.39 is 17.5 Å². The van der Waals surface area contributed by atoms with Crippen LogP contribution in [0.25, 0.3) is 0 Å². The summed E-state index contributed by atoms with van der Waals surface area (Å²) < 4.78 is 5.34. The Morgan fingerprint density at radius 1 is 1.00 bits per heavy atom. The summed E-state index contributed by atoms with van der Waals surface area (Å²) >= 11 is 0. The fraction of sp³-hybridized carbons (Fsp3) is 0.208. The van der Waals surface area contributed by atoms with Gasteiger partial charge in [-0.1, -0.05) is 60.7 Å². The monoisotopic (exact) mass is 417 g/mol. The lowest BCUT2D eigenvalue weighted by Crippen LogP contribution is -2.44. The van der Waals surface area contributed by atoms with Crippen LogP contribution in [-0.4, -0.2) is 41.2 Å². The van der Waals surface area contributed by atoms with Crippen LogP contribution in [0.15, 0.2) is 83.5 Å². The Labute approximate surface area is 180 Å². The first kappa shape index (κ1) is 20.4. The third-order valence-electron chi connectivity index (χ3n) is 5.59. The van der Waals surface area contributed by atoms with E-state index in [0.717, 1.165) is 16.0 Å². The van der Waals surface area contributed by atoms with E-state index in [2.05, 4.69) is 5.32 Å². The van der Waals surface area contributed by atoms with Crippen molar-refractivity contribution in [2.24, 2.45) is 0 Å². The Hall–Kier alpha value is -3.87. The predicted molar refractivity (Wildman–Crippen MR) is 114 cm³/mol. The molecule has 1 fully saturated rings. The van der Waals surface area contributed by atoms with E-state index in [0.29, 0.717) is 5.76 Å². The number of nitrogens with zero attached hydrogens (tertiary/aromatic N) is 2. The fourth-order valence-electron chi connectivity index (χ4n) is 3.87. The minimum atomic E-state index is -1.34. The highest BCUT2D eigenvalue weighted by Gasteiger charge is 2.51. The number of urea groups is 1. The molecule has 2 heterocycles. The molecular formula is C24H23N3O4. The standard InChI is InChI=1S/C24H23N3O4/c1-24(19-14-9-15-31-19)22(29)27(23(30)25-24)16-20(28)26(2)21(17-10-5-3-6-11-17)18-12-7-4-8-13-18/h3-15,21H,16H2,1-2H3,(H,25,30). The van der Waals surface area contributed by atoms with Gasteiger partial charge in [0.1, 0.15) is 12.3 Å². The van der Waals surface area contributed by atoms with Gasteiger partial charge in [0, 0.05) is 7.05 Å². The van der Waals surface area contributed by atoms with Gasteiger partial charge in [0.2, 0.25) is 5.91 Å². The highest BCUT2D eigenvalue weighted by atomic mass is 16.3. The first-order chi connectivity index (χ1) is 14.9. The summed E-state index contributed by atoms with van der Waals surface area (Å²) in [7, 11) is 1.68. The second kappa shape index (κ2) is 8.10. The zero-order valence-electron chi connectivity index (χ0n) is 17.3. The average molecular weight is 417 g/mol. The maximum Gasteiger partial charge on any atom is 0.325 e. The van der Waals surface area contributed by atoms with Crippen molar-refractivity contribution in [3.05, 3.63) is 95.9 Å². The molecule has 31 heavy (non-hydrogen) atoms. The van der Waals surface area contributed by atoms with Gasteiger partial charge in [0.05, 0.1) is 12.3 Å². The lowest BCUT2D eigenvalue weighted by atomic mass is 9.97. The Kier molecular flexibility index (Phi) is 5.33. The van der Waals surface area contributed by atoms with Crippen molar-refractivity contribution >= 4 is 17.8 Å². The highest BCUT2D eigenvalue weighted by Crippen LogP contribution is 2.31. The smallest absolute Gasteiger partial charge is 0.325 e. The van der Waals surface area contributed by atoms with E-state index in [1.165, 1.54) is 6.26 Å². The predicted octanol–water partition coefficient (Wildman–Crippen LogP) is 3.29. The quantitative estimate of drug-likeness (QED) is 0.624. The molecule has 0 radical (unpaired) electrons. The lowest BCUT2D eigenvalue weighted by molar-refractivity contribution is -0.139. The van der Waals surface area contributed by atoms with Crippen LogP contribution in [0.2, 0.25) is 0 Å². The van der Waals surface area contributed by atoms with Crippen LogP contribution >= 0.6 is 0 Å². The van der Waals surface area contributed by atoms with Crippen molar-refractivity contribution in [2.75, 3.05) is 13.6 Å². The van der Waals surface area contributed by atoms with Crippen LogP contribution in [0.3, 0.4) is 0 Å². The number of hydrogen-bond donors (Lipinski definition) is 1. The SMILES string of the molecule is CN(C(=O)CN1C(=O)NC(C)(c2ccco2)C1=O)C(c1ccccc1)c1ccccc1. The molecule has 1 atom stereocenters. The average Bonchev–Trinajstić information content (AvgIpc) is 3.40. The Morgan fingerprint density at radius 3 is 2.10 bits per heavy atom. The fourth-order valence-corrected chi connectivity index (χ4v) is 3.87. The number of carbonyl (C=O) groups excluding carboxylic acids is 3. The number of furan rings is 1. The van der Waals surface area contributed by atoms with E-state index in [1.807, 2.05) is 60.7 Å². The number of imide groups is 1. The molecular weight excluding hydrogens is 394 g/mol. The minimum absolute atomic E-state index is 0.320. The Bertz CT molecular complexity index is 1040. The molecule has 1 aliphatic rings. The normalized spacial score (nSPS) is 18.4. The molecule has 1 aromatic heterocycles. The van der Waals surface area contributed by atoms with Gasteiger partial charge in [-0.15, -0.1) is 0 Å². The molecule has 3 aromatic rings. The first-order valence-corrected chi connectivity index (χ1v) is 9.95. The molecule has 4 rings (SSSR count). The van der Waals surface area contributed by atoms with Crippen molar-refractivity contribution in [1.82, 2.24) is 15.1 Å². The largest absolute Gasteiger partial charge is 0.466 e. The summed E-state index contributed by atoms with van der Waals surface area (Å²) in [6.07, 6.45) is 1.44. The molecule has 7 nitrogen and oxygen atoms in total. The van der Waals surface area contributed by atoms with Crippen LogP contribution in [0.4, 0.5) is 4.79 Å². The van der Waals surface area contributed by atoms with Crippen molar-refractivity contribution < 1.29 is 18.8 Å². The lowest BCUT2D eigenvalue weighted by Gasteiger charge is -2.30. The molecule has 1 unspecified atom stereocenters. The molecule has 0 aliphatic carbocycles. The van der Waals surface area contributed by atoms with Crippen LogP contribution in [0.5, 0.6) is 0 Å². The number of likely N-dealkylation sites (N-methyl/N-ethyl adjacent to an activating group) is 1. The third-order valence-corrected chi connectivity index (χ3v) is 5.59. The highest BCUT2D eigenvalue weighted by molar-refractivity contribution is 6.08. The number of rotatable bonds is 6. The number of nitrogens with one attached hydrogen (secondary N) is 1. The topological polar surface area (TPSA) is 82.9 Å². The summed E-state index contributed by atoms with van der Waals surface area (Å²) in [5.74, 6) is -0.560. The molecule has 7 heteroatoms. The van der Waals surface area contributed by atoms with E-state index in [4.69, 9.17) is 4.42 Å². The first-order valence-electron chi connectivity index (χ1n) is 9.95. The molecule has 1 saturated heterocycles. The summed E-state index contributed by atoms with van der Waals surface area (Å²) in [6, 6.07) is 21.6.